The number of likely N-dealkylation sites (tertiary alicyclic amines) is 1. The van der Waals surface area contributed by atoms with Gasteiger partial charge in [0.25, 0.3) is 0 Å². The molecule has 3 nitrogen and oxygen atoms in total. The summed E-state index contributed by atoms with van der Waals surface area (Å²) in [6.07, 6.45) is 8.25. The molecule has 2 fully saturated rings. The van der Waals surface area contributed by atoms with Crippen LogP contribution in [0.25, 0.3) is 0 Å². The Balaban J connectivity index is 1.55. The van der Waals surface area contributed by atoms with Crippen molar-refractivity contribution in [2.45, 2.75) is 57.6 Å². The van der Waals surface area contributed by atoms with Gasteiger partial charge in [0, 0.05) is 12.6 Å². The van der Waals surface area contributed by atoms with E-state index in [4.69, 9.17) is 10.5 Å². The van der Waals surface area contributed by atoms with E-state index >= 15 is 0 Å². The Kier molecular flexibility index (Phi) is 5.26. The highest BCUT2D eigenvalue weighted by Gasteiger charge is 2.22. The quantitative estimate of drug-likeness (QED) is 0.799. The van der Waals surface area contributed by atoms with Gasteiger partial charge in [-0.15, -0.1) is 0 Å². The summed E-state index contributed by atoms with van der Waals surface area (Å²) >= 11 is 0. The van der Waals surface area contributed by atoms with E-state index < -0.39 is 0 Å². The molecular weight excluding hydrogens is 212 g/mol. The minimum absolute atomic E-state index is 0.379. The Morgan fingerprint density at radius 2 is 2.06 bits per heavy atom. The summed E-state index contributed by atoms with van der Waals surface area (Å²) < 4.78 is 5.66. The number of rotatable bonds is 5. The van der Waals surface area contributed by atoms with Crippen molar-refractivity contribution in [1.82, 2.24) is 4.90 Å². The standard InChI is InChI=1S/C14H28N2O/c1-12(15)13-6-9-16(10-7-13)8-2-4-14-5-3-11-17-14/h12-14H,2-11,15H2,1H3. The maximum Gasteiger partial charge on any atom is 0.0576 e. The third kappa shape index (κ3) is 4.23. The van der Waals surface area contributed by atoms with Gasteiger partial charge in [-0.3, -0.25) is 0 Å². The van der Waals surface area contributed by atoms with Gasteiger partial charge in [-0.05, 0) is 71.0 Å². The van der Waals surface area contributed by atoms with Crippen LogP contribution in [0, 0.1) is 5.92 Å². The molecule has 2 unspecified atom stereocenters. The molecule has 2 N–H and O–H groups in total. The van der Waals surface area contributed by atoms with Crippen molar-refractivity contribution in [3.8, 4) is 0 Å². The Labute approximate surface area is 106 Å². The highest BCUT2D eigenvalue weighted by atomic mass is 16.5. The summed E-state index contributed by atoms with van der Waals surface area (Å²) in [5, 5.41) is 0. The molecule has 0 amide bonds. The number of nitrogens with zero attached hydrogens (tertiary/aromatic N) is 1. The van der Waals surface area contributed by atoms with Crippen molar-refractivity contribution < 1.29 is 4.74 Å². The second kappa shape index (κ2) is 6.72. The Morgan fingerprint density at radius 1 is 1.29 bits per heavy atom. The molecule has 100 valence electrons. The van der Waals surface area contributed by atoms with Gasteiger partial charge in [-0.2, -0.15) is 0 Å². The number of nitrogens with two attached hydrogens (primary N) is 1. The van der Waals surface area contributed by atoms with Crippen molar-refractivity contribution in [2.24, 2.45) is 11.7 Å². The van der Waals surface area contributed by atoms with E-state index in [2.05, 4.69) is 11.8 Å². The molecule has 0 aliphatic carbocycles. The Bertz CT molecular complexity index is 206. The van der Waals surface area contributed by atoms with Crippen LogP contribution in [0.5, 0.6) is 0 Å². The smallest absolute Gasteiger partial charge is 0.0576 e. The molecule has 2 heterocycles. The lowest BCUT2D eigenvalue weighted by Crippen LogP contribution is -2.40. The molecule has 2 saturated heterocycles. The van der Waals surface area contributed by atoms with Crippen LogP contribution in [-0.4, -0.2) is 43.3 Å². The molecule has 0 radical (unpaired) electrons. The van der Waals surface area contributed by atoms with Gasteiger partial charge in [0.1, 0.15) is 0 Å². The number of piperidine rings is 1. The van der Waals surface area contributed by atoms with Crippen LogP contribution in [-0.2, 0) is 4.74 Å². The monoisotopic (exact) mass is 240 g/mol. The third-order valence-electron chi connectivity index (χ3n) is 4.40. The largest absolute Gasteiger partial charge is 0.378 e. The van der Waals surface area contributed by atoms with Crippen molar-refractivity contribution in [2.75, 3.05) is 26.2 Å². The normalized spacial score (nSPS) is 29.6. The average Bonchev–Trinajstić information content (AvgIpc) is 2.83. The summed E-state index contributed by atoms with van der Waals surface area (Å²) in [4.78, 5) is 2.60. The summed E-state index contributed by atoms with van der Waals surface area (Å²) in [6.45, 7) is 6.89. The zero-order chi connectivity index (χ0) is 12.1. The fraction of sp³-hybridized carbons (Fsp3) is 1.00. The van der Waals surface area contributed by atoms with E-state index in [1.54, 1.807) is 0 Å². The molecular formula is C14H28N2O. The lowest BCUT2D eigenvalue weighted by atomic mass is 9.91. The highest BCUT2D eigenvalue weighted by molar-refractivity contribution is 4.77. The predicted octanol–water partition coefficient (Wildman–Crippen LogP) is 2.00. The molecule has 0 aromatic heterocycles. The molecule has 2 rings (SSSR count). The maximum absolute atomic E-state index is 5.96. The molecule has 2 aliphatic rings. The fourth-order valence-corrected chi connectivity index (χ4v) is 3.12. The van der Waals surface area contributed by atoms with Crippen LogP contribution in [0.3, 0.4) is 0 Å². The first-order chi connectivity index (χ1) is 8.25. The maximum atomic E-state index is 5.96. The molecule has 0 bridgehead atoms. The van der Waals surface area contributed by atoms with E-state index in [-0.39, 0.29) is 0 Å². The fourth-order valence-electron chi connectivity index (χ4n) is 3.12. The Morgan fingerprint density at radius 3 is 2.65 bits per heavy atom. The van der Waals surface area contributed by atoms with Gasteiger partial charge in [-0.25, -0.2) is 0 Å². The van der Waals surface area contributed by atoms with E-state index in [1.807, 2.05) is 0 Å². The van der Waals surface area contributed by atoms with Gasteiger partial charge >= 0.3 is 0 Å². The van der Waals surface area contributed by atoms with Crippen LogP contribution in [0.1, 0.15) is 45.4 Å². The van der Waals surface area contributed by atoms with Crippen LogP contribution < -0.4 is 5.73 Å². The van der Waals surface area contributed by atoms with Crippen LogP contribution >= 0.6 is 0 Å². The summed E-state index contributed by atoms with van der Waals surface area (Å²) in [7, 11) is 0. The second-order valence-corrected chi connectivity index (χ2v) is 5.82. The zero-order valence-corrected chi connectivity index (χ0v) is 11.2. The molecule has 0 saturated carbocycles. The molecule has 2 aliphatic heterocycles. The first kappa shape index (κ1) is 13.3. The molecule has 17 heavy (non-hydrogen) atoms. The van der Waals surface area contributed by atoms with E-state index in [9.17, 15) is 0 Å². The van der Waals surface area contributed by atoms with Gasteiger partial charge < -0.3 is 15.4 Å². The first-order valence-corrected chi connectivity index (χ1v) is 7.35. The van der Waals surface area contributed by atoms with Gasteiger partial charge in [0.15, 0.2) is 0 Å². The summed E-state index contributed by atoms with van der Waals surface area (Å²) in [5.74, 6) is 0.754. The number of hydrogen-bond acceptors (Lipinski definition) is 3. The summed E-state index contributed by atoms with van der Waals surface area (Å²) in [5.41, 5.74) is 5.96. The number of hydrogen-bond donors (Lipinski definition) is 1. The van der Waals surface area contributed by atoms with Crippen LogP contribution in [0.2, 0.25) is 0 Å². The first-order valence-electron chi connectivity index (χ1n) is 7.35. The molecule has 0 aromatic carbocycles. The topological polar surface area (TPSA) is 38.5 Å². The summed E-state index contributed by atoms with van der Waals surface area (Å²) in [6, 6.07) is 0.379. The van der Waals surface area contributed by atoms with E-state index in [0.29, 0.717) is 12.1 Å². The van der Waals surface area contributed by atoms with E-state index in [0.717, 1.165) is 12.5 Å². The van der Waals surface area contributed by atoms with Gasteiger partial charge in [0.05, 0.1) is 6.10 Å². The lowest BCUT2D eigenvalue weighted by molar-refractivity contribution is 0.0954. The Hall–Kier alpha value is -0.120. The minimum atomic E-state index is 0.379. The third-order valence-corrected chi connectivity index (χ3v) is 4.40. The molecule has 0 spiro atoms. The van der Waals surface area contributed by atoms with Crippen molar-refractivity contribution in [3.05, 3.63) is 0 Å². The van der Waals surface area contributed by atoms with Gasteiger partial charge in [-0.1, -0.05) is 0 Å². The van der Waals surface area contributed by atoms with Crippen molar-refractivity contribution in [1.29, 1.82) is 0 Å². The number of ether oxygens (including phenoxy) is 1. The molecule has 2 atom stereocenters. The van der Waals surface area contributed by atoms with Crippen molar-refractivity contribution >= 4 is 0 Å². The van der Waals surface area contributed by atoms with Gasteiger partial charge in [0.2, 0.25) is 0 Å². The highest BCUT2D eigenvalue weighted by Crippen LogP contribution is 2.21. The second-order valence-electron chi connectivity index (χ2n) is 5.82. The predicted molar refractivity (Wildman–Crippen MR) is 71.0 cm³/mol. The minimum Gasteiger partial charge on any atom is -0.378 e. The van der Waals surface area contributed by atoms with Crippen molar-refractivity contribution in [3.63, 3.8) is 0 Å². The van der Waals surface area contributed by atoms with E-state index in [1.165, 1.54) is 58.2 Å². The zero-order valence-electron chi connectivity index (χ0n) is 11.2. The SMILES string of the molecule is CC(N)C1CCN(CCCC2CCCO2)CC1. The average molecular weight is 240 g/mol. The molecule has 0 aromatic rings. The van der Waals surface area contributed by atoms with Crippen LogP contribution in [0.4, 0.5) is 0 Å². The van der Waals surface area contributed by atoms with Crippen LogP contribution in [0.15, 0.2) is 0 Å². The lowest BCUT2D eigenvalue weighted by Gasteiger charge is -2.33. The molecule has 3 heteroatoms.